The normalized spacial score (nSPS) is 13.9. The van der Waals surface area contributed by atoms with Gasteiger partial charge in [-0.15, -0.1) is 11.3 Å². The molecule has 5 nitrogen and oxygen atoms in total. The Kier molecular flexibility index (Phi) is 5.05. The average Bonchev–Trinajstić information content (AvgIpc) is 2.51. The molecule has 0 fully saturated rings. The lowest BCUT2D eigenvalue weighted by Crippen LogP contribution is -2.24. The number of primary sulfonamides is 1. The van der Waals surface area contributed by atoms with Crippen LogP contribution in [0.4, 0.5) is 0 Å². The lowest BCUT2D eigenvalue weighted by molar-refractivity contribution is 0.563. The lowest BCUT2D eigenvalue weighted by atomic mass is 10.2. The van der Waals surface area contributed by atoms with Crippen LogP contribution in [0.5, 0.6) is 0 Å². The summed E-state index contributed by atoms with van der Waals surface area (Å²) in [6.45, 7) is 6.65. The molecule has 0 amide bonds. The number of nitrogens with zero attached hydrogens (tertiary/aromatic N) is 1. The van der Waals surface area contributed by atoms with Crippen molar-refractivity contribution in [3.8, 4) is 0 Å². The van der Waals surface area contributed by atoms with Crippen LogP contribution in [0.25, 0.3) is 0 Å². The summed E-state index contributed by atoms with van der Waals surface area (Å²) in [4.78, 5) is 5.57. The van der Waals surface area contributed by atoms with E-state index in [1.54, 1.807) is 11.3 Å². The quantitative estimate of drug-likeness (QED) is 0.762. The van der Waals surface area contributed by atoms with Gasteiger partial charge in [0, 0.05) is 10.9 Å². The molecule has 1 heterocycles. The zero-order valence-corrected chi connectivity index (χ0v) is 12.0. The summed E-state index contributed by atoms with van der Waals surface area (Å²) >= 11 is 1.67. The molecule has 1 unspecified atom stereocenters. The second-order valence-corrected chi connectivity index (χ2v) is 7.05. The van der Waals surface area contributed by atoms with Crippen molar-refractivity contribution < 1.29 is 8.42 Å². The van der Waals surface area contributed by atoms with Gasteiger partial charge >= 0.3 is 0 Å². The van der Waals surface area contributed by atoms with Crippen molar-refractivity contribution in [2.75, 3.05) is 12.3 Å². The summed E-state index contributed by atoms with van der Waals surface area (Å²) in [7, 11) is -3.34. The summed E-state index contributed by atoms with van der Waals surface area (Å²) in [5.41, 5.74) is 1.04. The minimum Gasteiger partial charge on any atom is -0.309 e. The Morgan fingerprint density at radius 1 is 1.47 bits per heavy atom. The van der Waals surface area contributed by atoms with Crippen LogP contribution in [-0.4, -0.2) is 25.7 Å². The maximum Gasteiger partial charge on any atom is 0.209 e. The number of nitrogens with two attached hydrogens (primary N) is 1. The van der Waals surface area contributed by atoms with Crippen molar-refractivity contribution in [3.63, 3.8) is 0 Å². The van der Waals surface area contributed by atoms with Crippen molar-refractivity contribution >= 4 is 21.4 Å². The summed E-state index contributed by atoms with van der Waals surface area (Å²) < 4.78 is 21.5. The van der Waals surface area contributed by atoms with Crippen LogP contribution >= 0.6 is 11.3 Å². The first-order valence-corrected chi connectivity index (χ1v) is 8.00. The van der Waals surface area contributed by atoms with Crippen LogP contribution in [0.3, 0.4) is 0 Å². The van der Waals surface area contributed by atoms with Gasteiger partial charge in [0.25, 0.3) is 0 Å². The third kappa shape index (κ3) is 5.12. The highest BCUT2D eigenvalue weighted by atomic mass is 32.2. The van der Waals surface area contributed by atoms with Crippen LogP contribution in [-0.2, 0) is 10.0 Å². The molecule has 17 heavy (non-hydrogen) atoms. The highest BCUT2D eigenvalue weighted by molar-refractivity contribution is 7.89. The highest BCUT2D eigenvalue weighted by Crippen LogP contribution is 2.24. The molecule has 98 valence electrons. The van der Waals surface area contributed by atoms with E-state index in [0.29, 0.717) is 13.0 Å². The molecule has 0 spiro atoms. The molecule has 0 saturated carbocycles. The van der Waals surface area contributed by atoms with E-state index < -0.39 is 10.0 Å². The highest BCUT2D eigenvalue weighted by Gasteiger charge is 2.12. The molecular formula is C10H19N3O2S2. The predicted octanol–water partition coefficient (Wildman–Crippen LogP) is 1.09. The van der Waals surface area contributed by atoms with Gasteiger partial charge in [-0.2, -0.15) is 0 Å². The van der Waals surface area contributed by atoms with E-state index in [2.05, 4.69) is 17.2 Å². The van der Waals surface area contributed by atoms with Crippen molar-refractivity contribution in [3.05, 3.63) is 15.6 Å². The Hall–Kier alpha value is -0.500. The Labute approximate surface area is 106 Å². The number of hydrogen-bond acceptors (Lipinski definition) is 5. The van der Waals surface area contributed by atoms with Gasteiger partial charge in [-0.25, -0.2) is 18.5 Å². The van der Waals surface area contributed by atoms with E-state index in [1.165, 1.54) is 4.88 Å². The molecule has 0 aromatic carbocycles. The van der Waals surface area contributed by atoms with Crippen molar-refractivity contribution in [2.24, 2.45) is 5.14 Å². The Balaban J connectivity index is 2.40. The van der Waals surface area contributed by atoms with Crippen LogP contribution < -0.4 is 10.5 Å². The molecule has 0 saturated heterocycles. The average molecular weight is 277 g/mol. The fraction of sp³-hybridized carbons (Fsp3) is 0.700. The first kappa shape index (κ1) is 14.6. The molecule has 1 atom stereocenters. The zero-order chi connectivity index (χ0) is 13.1. The standard InChI is InChI=1S/C10H19N3O2S2/c1-7(10-8(2)13-9(3)16-10)12-5-4-6-17(11,14)15/h7,12H,4-6H2,1-3H3,(H2,11,14,15). The van der Waals surface area contributed by atoms with Gasteiger partial charge in [0.15, 0.2) is 0 Å². The molecule has 7 heteroatoms. The van der Waals surface area contributed by atoms with E-state index in [9.17, 15) is 8.42 Å². The minimum absolute atomic E-state index is 0.0213. The fourth-order valence-corrected chi connectivity index (χ4v) is 3.13. The minimum atomic E-state index is -3.34. The van der Waals surface area contributed by atoms with Gasteiger partial charge in [0.05, 0.1) is 16.5 Å². The van der Waals surface area contributed by atoms with Gasteiger partial charge in [-0.3, -0.25) is 0 Å². The topological polar surface area (TPSA) is 85.1 Å². The third-order valence-electron chi connectivity index (χ3n) is 2.39. The SMILES string of the molecule is Cc1nc(C)c(C(C)NCCCS(N)(=O)=O)s1. The summed E-state index contributed by atoms with van der Waals surface area (Å²) in [6, 6.07) is 0.196. The van der Waals surface area contributed by atoms with Crippen LogP contribution in [0, 0.1) is 13.8 Å². The van der Waals surface area contributed by atoms with E-state index >= 15 is 0 Å². The predicted molar refractivity (Wildman–Crippen MR) is 70.6 cm³/mol. The number of aryl methyl sites for hydroxylation is 2. The molecule has 0 aliphatic rings. The van der Waals surface area contributed by atoms with E-state index in [-0.39, 0.29) is 11.8 Å². The van der Waals surface area contributed by atoms with Gasteiger partial charge in [0.1, 0.15) is 0 Å². The Bertz CT molecular complexity index is 468. The van der Waals surface area contributed by atoms with Crippen LogP contribution in [0.1, 0.15) is 35.0 Å². The lowest BCUT2D eigenvalue weighted by Gasteiger charge is -2.12. The largest absolute Gasteiger partial charge is 0.309 e. The first-order chi connectivity index (χ1) is 7.79. The van der Waals surface area contributed by atoms with Gasteiger partial charge in [-0.05, 0) is 33.7 Å². The second-order valence-electron chi connectivity index (χ2n) is 4.08. The van der Waals surface area contributed by atoms with E-state index in [4.69, 9.17) is 5.14 Å². The number of aromatic nitrogens is 1. The van der Waals surface area contributed by atoms with Crippen molar-refractivity contribution in [1.29, 1.82) is 0 Å². The molecular weight excluding hydrogens is 258 g/mol. The zero-order valence-electron chi connectivity index (χ0n) is 10.4. The first-order valence-electron chi connectivity index (χ1n) is 5.47. The molecule has 0 aliphatic heterocycles. The molecule has 3 N–H and O–H groups in total. The van der Waals surface area contributed by atoms with Crippen molar-refractivity contribution in [1.82, 2.24) is 10.3 Å². The van der Waals surface area contributed by atoms with E-state index in [0.717, 1.165) is 10.7 Å². The number of rotatable bonds is 6. The van der Waals surface area contributed by atoms with Crippen LogP contribution in [0.2, 0.25) is 0 Å². The smallest absolute Gasteiger partial charge is 0.209 e. The summed E-state index contributed by atoms with van der Waals surface area (Å²) in [5, 5.41) is 9.26. The molecule has 0 bridgehead atoms. The maximum absolute atomic E-state index is 10.7. The van der Waals surface area contributed by atoms with E-state index in [1.807, 2.05) is 13.8 Å². The molecule has 1 aromatic rings. The Morgan fingerprint density at radius 2 is 2.12 bits per heavy atom. The second kappa shape index (κ2) is 5.90. The number of nitrogens with one attached hydrogen (secondary N) is 1. The van der Waals surface area contributed by atoms with Gasteiger partial charge in [-0.1, -0.05) is 0 Å². The molecule has 0 aliphatic carbocycles. The Morgan fingerprint density at radius 3 is 2.59 bits per heavy atom. The monoisotopic (exact) mass is 277 g/mol. The number of hydrogen-bond donors (Lipinski definition) is 2. The maximum atomic E-state index is 10.7. The number of thiazole rings is 1. The molecule has 0 radical (unpaired) electrons. The summed E-state index contributed by atoms with van der Waals surface area (Å²) in [6.07, 6.45) is 0.528. The molecule has 1 rings (SSSR count). The number of sulfonamides is 1. The van der Waals surface area contributed by atoms with Crippen molar-refractivity contribution in [2.45, 2.75) is 33.2 Å². The third-order valence-corrected chi connectivity index (χ3v) is 4.50. The van der Waals surface area contributed by atoms with Gasteiger partial charge in [0.2, 0.25) is 10.0 Å². The van der Waals surface area contributed by atoms with Gasteiger partial charge < -0.3 is 5.32 Å². The van der Waals surface area contributed by atoms with Crippen LogP contribution in [0.15, 0.2) is 0 Å². The molecule has 1 aromatic heterocycles. The fourth-order valence-electron chi connectivity index (χ4n) is 1.63. The summed E-state index contributed by atoms with van der Waals surface area (Å²) in [5.74, 6) is 0.0213.